The Labute approximate surface area is 76.7 Å². The molecule has 0 aromatic rings. The molecule has 2 radical (unpaired) electrons. The maximum Gasteiger partial charge on any atom is 0 e. The minimum atomic E-state index is 0. The van der Waals surface area contributed by atoms with Gasteiger partial charge in [0.05, 0.1) is 0 Å². The fourth-order valence-corrected chi connectivity index (χ4v) is 0. The maximum absolute atomic E-state index is 0. The Morgan fingerprint density at radius 3 is 1.00 bits per heavy atom. The van der Waals surface area contributed by atoms with Gasteiger partial charge < -0.3 is 0 Å². The Bertz CT molecular complexity index is 8.00. The normalized spacial score (nSPS) is 0. The van der Waals surface area contributed by atoms with Crippen molar-refractivity contribution in [1.82, 2.24) is 0 Å². The monoisotopic (exact) mass is 262 g/mol. The molecule has 0 aliphatic carbocycles. The van der Waals surface area contributed by atoms with Crippen LogP contribution in [0.15, 0.2) is 0 Å². The average molecular weight is 263 g/mol. The van der Waals surface area contributed by atoms with Gasteiger partial charge in [-0.1, -0.05) is 0 Å². The minimum Gasteiger partial charge on any atom is 0 e. The van der Waals surface area contributed by atoms with Gasteiger partial charge in [0.2, 0.25) is 0 Å². The summed E-state index contributed by atoms with van der Waals surface area (Å²) in [5.74, 6) is 0. The van der Waals surface area contributed by atoms with Crippen LogP contribution in [0.4, 0.5) is 0 Å². The summed E-state index contributed by atoms with van der Waals surface area (Å²) < 4.78 is 0. The standard InChI is InChI=1S/Cu.Nb.Ni.Ti. The molecule has 0 unspecified atom stereocenters. The minimum absolute atomic E-state index is 0. The van der Waals surface area contributed by atoms with E-state index in [0.29, 0.717) is 0 Å². The summed E-state index contributed by atoms with van der Waals surface area (Å²) >= 11 is 0. The predicted octanol–water partition coefficient (Wildman–Crippen LogP) is -0.0100. The molecular formula is CuNbNiTi. The van der Waals surface area contributed by atoms with Crippen molar-refractivity contribution in [1.29, 1.82) is 0 Å². The summed E-state index contributed by atoms with van der Waals surface area (Å²) in [6, 6.07) is 0. The van der Waals surface area contributed by atoms with E-state index >= 15 is 0 Å². The smallest absolute Gasteiger partial charge is 0 e. The molecule has 0 amide bonds. The van der Waals surface area contributed by atoms with Crippen LogP contribution < -0.4 is 0 Å². The predicted molar refractivity (Wildman–Crippen MR) is 0 cm³/mol. The second-order valence-electron chi connectivity index (χ2n) is 0. The van der Waals surface area contributed by atoms with Gasteiger partial charge in [0, 0.05) is 77.7 Å². The van der Waals surface area contributed by atoms with Crippen molar-refractivity contribution < 1.29 is 77.7 Å². The Kier molecular flexibility index (Phi) is 142. The van der Waals surface area contributed by atoms with Crippen LogP contribution in [0.3, 0.4) is 0 Å². The van der Waals surface area contributed by atoms with Gasteiger partial charge in [0.15, 0.2) is 0 Å². The van der Waals surface area contributed by atoms with E-state index in [0.717, 1.165) is 0 Å². The van der Waals surface area contributed by atoms with Crippen molar-refractivity contribution in [3.63, 3.8) is 0 Å². The average Bonchev–Trinajstić information content (AvgIpc) is 0. The van der Waals surface area contributed by atoms with Gasteiger partial charge in [-0.2, -0.15) is 0 Å². The largest absolute Gasteiger partial charge is 0 e. The van der Waals surface area contributed by atoms with E-state index in [1.165, 1.54) is 0 Å². The molecule has 30 valence electrons. The molecule has 0 aliphatic rings. The van der Waals surface area contributed by atoms with Crippen LogP contribution in [-0.2, 0) is 77.7 Å². The second-order valence-corrected chi connectivity index (χ2v) is 0. The van der Waals surface area contributed by atoms with Gasteiger partial charge in [-0.25, -0.2) is 0 Å². The van der Waals surface area contributed by atoms with E-state index in [9.17, 15) is 0 Å². The molecule has 0 aromatic heterocycles. The zero-order chi connectivity index (χ0) is 0. The van der Waals surface area contributed by atoms with Crippen molar-refractivity contribution in [3.8, 4) is 0 Å². The third-order valence-electron chi connectivity index (χ3n) is 0. The summed E-state index contributed by atoms with van der Waals surface area (Å²) in [5.41, 5.74) is 0. The molecule has 0 atom stereocenters. The molecule has 4 heteroatoms. The Balaban J connectivity index is 0. The molecule has 0 saturated carbocycles. The van der Waals surface area contributed by atoms with Gasteiger partial charge in [0.25, 0.3) is 0 Å². The van der Waals surface area contributed by atoms with E-state index in [1.807, 2.05) is 0 Å². The fourth-order valence-electron chi connectivity index (χ4n) is 0. The molecular weight excluding hydrogens is 263 g/mol. The Hall–Kier alpha value is 2.47. The first-order valence-corrected chi connectivity index (χ1v) is 0. The molecule has 0 aromatic carbocycles. The van der Waals surface area contributed by atoms with E-state index in [1.54, 1.807) is 0 Å². The van der Waals surface area contributed by atoms with Gasteiger partial charge in [-0.15, -0.1) is 0 Å². The van der Waals surface area contributed by atoms with Gasteiger partial charge in [0.1, 0.15) is 0 Å². The first kappa shape index (κ1) is 31.8. The van der Waals surface area contributed by atoms with E-state index in [4.69, 9.17) is 0 Å². The van der Waals surface area contributed by atoms with Crippen LogP contribution in [0.1, 0.15) is 0 Å². The third kappa shape index (κ3) is 8.82. The first-order chi connectivity index (χ1) is 0. The number of rotatable bonds is 0. The molecule has 0 N–H and O–H groups in total. The van der Waals surface area contributed by atoms with Gasteiger partial charge in [-0.05, 0) is 0 Å². The van der Waals surface area contributed by atoms with Crippen molar-refractivity contribution >= 4 is 0 Å². The quantitative estimate of drug-likeness (QED) is 0.539. The summed E-state index contributed by atoms with van der Waals surface area (Å²) in [6.07, 6.45) is 0. The summed E-state index contributed by atoms with van der Waals surface area (Å²) in [6.45, 7) is 0. The molecule has 4 heavy (non-hydrogen) atoms. The van der Waals surface area contributed by atoms with Crippen LogP contribution in [-0.4, -0.2) is 0 Å². The zero-order valence-electron chi connectivity index (χ0n) is 1.56. The van der Waals surface area contributed by atoms with Crippen molar-refractivity contribution in [2.75, 3.05) is 0 Å². The van der Waals surface area contributed by atoms with Gasteiger partial charge >= 0.3 is 0 Å². The fraction of sp³-hybridized carbons (Fsp3) is 0. The van der Waals surface area contributed by atoms with Crippen LogP contribution in [0.5, 0.6) is 0 Å². The van der Waals surface area contributed by atoms with Crippen LogP contribution in [0, 0.1) is 0 Å². The molecule has 0 fully saturated rings. The van der Waals surface area contributed by atoms with Crippen molar-refractivity contribution in [2.24, 2.45) is 0 Å². The zero-order valence-corrected chi connectivity index (χ0v) is 7.25. The van der Waals surface area contributed by atoms with E-state index in [2.05, 4.69) is 0 Å². The molecule has 0 aliphatic heterocycles. The summed E-state index contributed by atoms with van der Waals surface area (Å²) in [7, 11) is 0. The van der Waals surface area contributed by atoms with E-state index < -0.39 is 0 Å². The second kappa shape index (κ2) is 17.9. The number of hydrogen-bond donors (Lipinski definition) is 0. The number of hydrogen-bond acceptors (Lipinski definition) is 0. The molecule has 0 heterocycles. The third-order valence-corrected chi connectivity index (χ3v) is 0. The summed E-state index contributed by atoms with van der Waals surface area (Å²) in [4.78, 5) is 0. The first-order valence-electron chi connectivity index (χ1n) is 0. The Morgan fingerprint density at radius 1 is 1.00 bits per heavy atom. The molecule has 0 bridgehead atoms. The molecule has 0 nitrogen and oxygen atoms in total. The topological polar surface area (TPSA) is 0 Å². The van der Waals surface area contributed by atoms with Gasteiger partial charge in [-0.3, -0.25) is 0 Å². The SMILES string of the molecule is [Cu].[Nb].[Ni].[Ti]. The molecule has 0 spiro atoms. The van der Waals surface area contributed by atoms with Crippen molar-refractivity contribution in [2.45, 2.75) is 0 Å². The summed E-state index contributed by atoms with van der Waals surface area (Å²) in [5, 5.41) is 0. The van der Waals surface area contributed by atoms with E-state index in [-0.39, 0.29) is 77.7 Å². The van der Waals surface area contributed by atoms with Crippen LogP contribution in [0.2, 0.25) is 0 Å². The Morgan fingerprint density at radius 2 is 1.00 bits per heavy atom. The molecule has 0 saturated heterocycles. The van der Waals surface area contributed by atoms with Crippen LogP contribution in [0.25, 0.3) is 0 Å². The van der Waals surface area contributed by atoms with Crippen LogP contribution >= 0.6 is 0 Å². The molecule has 0 rings (SSSR count). The van der Waals surface area contributed by atoms with Crippen molar-refractivity contribution in [3.05, 3.63) is 0 Å². The maximum atomic E-state index is 0.